The van der Waals surface area contributed by atoms with Gasteiger partial charge in [-0.1, -0.05) is 6.07 Å². The van der Waals surface area contributed by atoms with Gasteiger partial charge in [-0.3, -0.25) is 0 Å². The van der Waals surface area contributed by atoms with Gasteiger partial charge in [0.05, 0.1) is 6.54 Å². The summed E-state index contributed by atoms with van der Waals surface area (Å²) in [7, 11) is 1.47. The molecule has 2 heterocycles. The maximum absolute atomic E-state index is 11.2. The molecule has 0 saturated carbocycles. The van der Waals surface area contributed by atoms with Crippen LogP contribution in [-0.4, -0.2) is 24.4 Å². The zero-order valence-electron chi connectivity index (χ0n) is 7.62. The number of pyridine rings is 1. The lowest BCUT2D eigenvalue weighted by atomic mass is 10.4. The van der Waals surface area contributed by atoms with Crippen LogP contribution in [0, 0.1) is 0 Å². The predicted octanol–water partition coefficient (Wildman–Crippen LogP) is 1.12. The number of nitrogens with zero attached hydrogens (tertiary/aromatic N) is 3. The van der Waals surface area contributed by atoms with Crippen molar-refractivity contribution < 1.29 is 8.42 Å². The molecule has 15 heavy (non-hydrogen) atoms. The summed E-state index contributed by atoms with van der Waals surface area (Å²) in [4.78, 5) is 4.05. The van der Waals surface area contributed by atoms with E-state index in [-0.39, 0.29) is 0 Å². The molecule has 0 saturated heterocycles. The highest BCUT2D eigenvalue weighted by atomic mass is 35.7. The highest BCUT2D eigenvalue weighted by molar-refractivity contribution is 8.12. The molecule has 0 unspecified atom stereocenters. The Balaban J connectivity index is 2.33. The first-order valence-electron chi connectivity index (χ1n) is 4.18. The lowest BCUT2D eigenvalue weighted by molar-refractivity contribution is 0.509. The molecule has 80 valence electrons. The van der Waals surface area contributed by atoms with Crippen LogP contribution in [-0.2, 0) is 9.24 Å². The summed E-state index contributed by atoms with van der Waals surface area (Å²) in [5.74, 6) is 0.534. The second kappa shape index (κ2) is 3.71. The zero-order chi connectivity index (χ0) is 10.9. The standard InChI is InChI=1S/C8H8ClN3O2S/c9-15(13,14)12-7-3-6-11(12)8-4-1-2-5-10-8/h1-5,7H,6H2. The molecule has 1 aromatic rings. The highest BCUT2D eigenvalue weighted by Crippen LogP contribution is 2.22. The van der Waals surface area contributed by atoms with Gasteiger partial charge in [-0.15, -0.1) is 0 Å². The minimum absolute atomic E-state index is 0.433. The monoisotopic (exact) mass is 245 g/mol. The minimum atomic E-state index is -3.80. The Kier molecular flexibility index (Phi) is 2.54. The van der Waals surface area contributed by atoms with Gasteiger partial charge < -0.3 is 0 Å². The van der Waals surface area contributed by atoms with E-state index in [0.29, 0.717) is 12.4 Å². The van der Waals surface area contributed by atoms with Crippen LogP contribution in [0.1, 0.15) is 0 Å². The van der Waals surface area contributed by atoms with Crippen LogP contribution in [0.15, 0.2) is 36.7 Å². The third-order valence-electron chi connectivity index (χ3n) is 1.89. The lowest BCUT2D eigenvalue weighted by Gasteiger charge is -2.26. The van der Waals surface area contributed by atoms with Crippen LogP contribution >= 0.6 is 10.7 Å². The minimum Gasteiger partial charge on any atom is -0.250 e. The topological polar surface area (TPSA) is 53.5 Å². The number of aromatic nitrogens is 1. The number of hydrogen-bond acceptors (Lipinski definition) is 4. The Hall–Kier alpha value is -1.27. The molecule has 1 aromatic heterocycles. The molecular formula is C8H8ClN3O2S. The van der Waals surface area contributed by atoms with Gasteiger partial charge in [-0.25, -0.2) is 9.99 Å². The maximum atomic E-state index is 11.2. The molecule has 2 rings (SSSR count). The fourth-order valence-corrected chi connectivity index (χ4v) is 2.27. The van der Waals surface area contributed by atoms with E-state index in [9.17, 15) is 8.42 Å². The average molecular weight is 246 g/mol. The number of hydrogen-bond donors (Lipinski definition) is 0. The van der Waals surface area contributed by atoms with Crippen LogP contribution < -0.4 is 5.01 Å². The van der Waals surface area contributed by atoms with Gasteiger partial charge in [0.1, 0.15) is 5.82 Å². The van der Waals surface area contributed by atoms with E-state index in [1.165, 1.54) is 11.2 Å². The fraction of sp³-hybridized carbons (Fsp3) is 0.125. The van der Waals surface area contributed by atoms with Gasteiger partial charge in [-0.2, -0.15) is 12.8 Å². The summed E-state index contributed by atoms with van der Waals surface area (Å²) < 4.78 is 23.3. The van der Waals surface area contributed by atoms with Crippen LogP contribution in [0.5, 0.6) is 0 Å². The summed E-state index contributed by atoms with van der Waals surface area (Å²) in [6.07, 6.45) is 4.68. The fourth-order valence-electron chi connectivity index (χ4n) is 1.29. The third kappa shape index (κ3) is 2.05. The van der Waals surface area contributed by atoms with Gasteiger partial charge in [0, 0.05) is 23.1 Å². The van der Waals surface area contributed by atoms with Crippen molar-refractivity contribution >= 4 is 25.7 Å². The van der Waals surface area contributed by atoms with Crippen molar-refractivity contribution in [2.45, 2.75) is 0 Å². The Labute approximate surface area is 92.1 Å². The first kappa shape index (κ1) is 10.3. The molecule has 1 aliphatic rings. The number of halogens is 1. The van der Waals surface area contributed by atoms with E-state index in [4.69, 9.17) is 10.7 Å². The summed E-state index contributed by atoms with van der Waals surface area (Å²) in [6, 6.07) is 5.24. The zero-order valence-corrected chi connectivity index (χ0v) is 9.19. The number of hydrazine groups is 1. The van der Waals surface area contributed by atoms with Crippen molar-refractivity contribution in [3.8, 4) is 0 Å². The summed E-state index contributed by atoms with van der Waals surface area (Å²) in [6.45, 7) is 0.433. The largest absolute Gasteiger partial charge is 0.338 e. The molecule has 1 aliphatic heterocycles. The normalized spacial score (nSPS) is 16.1. The van der Waals surface area contributed by atoms with Gasteiger partial charge in [0.2, 0.25) is 0 Å². The van der Waals surface area contributed by atoms with Gasteiger partial charge in [0.25, 0.3) is 0 Å². The second-order valence-electron chi connectivity index (χ2n) is 2.87. The molecule has 0 amide bonds. The molecule has 0 spiro atoms. The molecule has 0 fully saturated rings. The summed E-state index contributed by atoms with van der Waals surface area (Å²) in [5.41, 5.74) is 0. The van der Waals surface area contributed by atoms with E-state index in [1.54, 1.807) is 30.5 Å². The highest BCUT2D eigenvalue weighted by Gasteiger charge is 2.26. The molecule has 7 heteroatoms. The van der Waals surface area contributed by atoms with Crippen molar-refractivity contribution in [1.29, 1.82) is 0 Å². The predicted molar refractivity (Wildman–Crippen MR) is 57.3 cm³/mol. The SMILES string of the molecule is O=S(=O)(Cl)N1C=CCN1c1ccccn1. The van der Waals surface area contributed by atoms with Crippen molar-refractivity contribution in [1.82, 2.24) is 9.40 Å². The van der Waals surface area contributed by atoms with E-state index in [0.717, 1.165) is 4.41 Å². The third-order valence-corrected chi connectivity index (χ3v) is 3.08. The first-order valence-corrected chi connectivity index (χ1v) is 6.45. The van der Waals surface area contributed by atoms with E-state index in [2.05, 4.69) is 4.98 Å². The first-order chi connectivity index (χ1) is 7.09. The average Bonchev–Trinajstić information content (AvgIpc) is 2.67. The van der Waals surface area contributed by atoms with E-state index >= 15 is 0 Å². The van der Waals surface area contributed by atoms with Crippen molar-refractivity contribution in [3.05, 3.63) is 36.7 Å². The second-order valence-corrected chi connectivity index (χ2v) is 5.24. The molecular weight excluding hydrogens is 238 g/mol. The molecule has 0 atom stereocenters. The molecule has 0 radical (unpaired) electrons. The van der Waals surface area contributed by atoms with E-state index in [1.807, 2.05) is 0 Å². The number of anilines is 1. The summed E-state index contributed by atoms with van der Waals surface area (Å²) >= 11 is 0. The Morgan fingerprint density at radius 1 is 1.40 bits per heavy atom. The van der Waals surface area contributed by atoms with Crippen LogP contribution in [0.2, 0.25) is 0 Å². The smallest absolute Gasteiger partial charge is 0.250 e. The van der Waals surface area contributed by atoms with Crippen LogP contribution in [0.4, 0.5) is 5.82 Å². The number of rotatable bonds is 2. The van der Waals surface area contributed by atoms with Gasteiger partial charge in [-0.05, 0) is 18.2 Å². The van der Waals surface area contributed by atoms with Crippen molar-refractivity contribution in [3.63, 3.8) is 0 Å². The lowest BCUT2D eigenvalue weighted by Crippen LogP contribution is -2.37. The quantitative estimate of drug-likeness (QED) is 0.733. The molecule has 5 nitrogen and oxygen atoms in total. The van der Waals surface area contributed by atoms with Gasteiger partial charge >= 0.3 is 9.24 Å². The van der Waals surface area contributed by atoms with Crippen molar-refractivity contribution in [2.24, 2.45) is 0 Å². The molecule has 0 aliphatic carbocycles. The van der Waals surface area contributed by atoms with Crippen LogP contribution in [0.25, 0.3) is 0 Å². The Morgan fingerprint density at radius 2 is 2.20 bits per heavy atom. The molecule has 0 N–H and O–H groups in total. The Bertz CT molecular complexity index is 474. The maximum Gasteiger partial charge on any atom is 0.338 e. The Morgan fingerprint density at radius 3 is 2.80 bits per heavy atom. The summed E-state index contributed by atoms with van der Waals surface area (Å²) in [5, 5.41) is 1.46. The van der Waals surface area contributed by atoms with Crippen LogP contribution in [0.3, 0.4) is 0 Å². The van der Waals surface area contributed by atoms with Crippen molar-refractivity contribution in [2.75, 3.05) is 11.6 Å². The van der Waals surface area contributed by atoms with Gasteiger partial charge in [0.15, 0.2) is 0 Å². The van der Waals surface area contributed by atoms with E-state index < -0.39 is 9.24 Å². The molecule has 0 bridgehead atoms. The molecule has 0 aromatic carbocycles.